The van der Waals surface area contributed by atoms with Gasteiger partial charge in [0, 0.05) is 12.6 Å². The molecule has 1 fully saturated rings. The number of methoxy groups -OCH3 is 2. The summed E-state index contributed by atoms with van der Waals surface area (Å²) in [6.07, 6.45) is -0.789. The average molecular weight is 656 g/mol. The Morgan fingerprint density at radius 2 is 1.48 bits per heavy atom. The summed E-state index contributed by atoms with van der Waals surface area (Å²) in [5.74, 6) is 1.41. The minimum atomic E-state index is -1.08. The van der Waals surface area contributed by atoms with Crippen molar-refractivity contribution in [2.24, 2.45) is 0 Å². The summed E-state index contributed by atoms with van der Waals surface area (Å²) in [5.41, 5.74) is 0.428. The van der Waals surface area contributed by atoms with E-state index in [1.54, 1.807) is 14.2 Å². The standard InChI is InChI=1S/C30H29IN2O7/c1-37-22-12-8-20(9-13-22)30(19-6-4-3-5-7-19,21-10-14-23(38-2)15-11-21)39-18-26-25(34)16-27(40-26)33-17-24(31)28(35)32-29(33)36/h3-15,17,25-27,34H,16,18H2,1-2H3,(H,32,35,36)/t25?,26-,27-/m1/s1. The van der Waals surface area contributed by atoms with Gasteiger partial charge in [-0.25, -0.2) is 4.79 Å². The maximum Gasteiger partial charge on any atom is 0.330 e. The number of ether oxygens (including phenoxy) is 4. The fraction of sp³-hybridized carbons (Fsp3) is 0.267. The van der Waals surface area contributed by atoms with E-state index in [9.17, 15) is 14.7 Å². The highest BCUT2D eigenvalue weighted by Crippen LogP contribution is 2.42. The topological polar surface area (TPSA) is 112 Å². The zero-order chi connectivity index (χ0) is 28.3. The Balaban J connectivity index is 1.54. The Hall–Kier alpha value is -3.45. The van der Waals surface area contributed by atoms with Crippen molar-refractivity contribution in [3.8, 4) is 11.5 Å². The molecule has 2 N–H and O–H groups in total. The SMILES string of the molecule is COc1ccc(C(OC[C@H]2O[C@@H](n3cc(I)c(=O)[nH]c3=O)CC2O)(c2ccccc2)c2ccc(OC)cc2)cc1. The van der Waals surface area contributed by atoms with Crippen LogP contribution < -0.4 is 20.7 Å². The number of rotatable bonds is 9. The van der Waals surface area contributed by atoms with Crippen LogP contribution in [0.4, 0.5) is 0 Å². The van der Waals surface area contributed by atoms with E-state index in [0.29, 0.717) is 15.1 Å². The molecule has 1 unspecified atom stereocenters. The Morgan fingerprint density at radius 1 is 0.925 bits per heavy atom. The first-order chi connectivity index (χ1) is 19.3. The van der Waals surface area contributed by atoms with Gasteiger partial charge in [-0.05, 0) is 63.5 Å². The predicted molar refractivity (Wildman–Crippen MR) is 157 cm³/mol. The minimum Gasteiger partial charge on any atom is -0.497 e. The fourth-order valence-electron chi connectivity index (χ4n) is 4.99. The molecule has 1 aliphatic rings. The van der Waals surface area contributed by atoms with Gasteiger partial charge >= 0.3 is 5.69 Å². The summed E-state index contributed by atoms with van der Waals surface area (Å²) in [5, 5.41) is 11.0. The number of aliphatic hydroxyl groups is 1. The molecule has 3 aromatic carbocycles. The number of nitrogens with zero attached hydrogens (tertiary/aromatic N) is 1. The lowest BCUT2D eigenvalue weighted by molar-refractivity contribution is -0.0944. The van der Waals surface area contributed by atoms with Crippen LogP contribution in [0.5, 0.6) is 11.5 Å². The van der Waals surface area contributed by atoms with Crippen molar-refractivity contribution in [1.29, 1.82) is 0 Å². The summed E-state index contributed by atoms with van der Waals surface area (Å²) in [4.78, 5) is 26.6. The van der Waals surface area contributed by atoms with Gasteiger partial charge in [0.15, 0.2) is 0 Å². The van der Waals surface area contributed by atoms with Crippen molar-refractivity contribution in [3.63, 3.8) is 0 Å². The van der Waals surface area contributed by atoms with E-state index in [4.69, 9.17) is 18.9 Å². The molecular weight excluding hydrogens is 627 g/mol. The van der Waals surface area contributed by atoms with Crippen molar-refractivity contribution < 1.29 is 24.1 Å². The van der Waals surface area contributed by atoms with Gasteiger partial charge in [-0.2, -0.15) is 0 Å². The molecule has 1 saturated heterocycles. The second-order valence-corrected chi connectivity index (χ2v) is 10.6. The van der Waals surface area contributed by atoms with Crippen LogP contribution in [-0.2, 0) is 15.1 Å². The van der Waals surface area contributed by atoms with Crippen LogP contribution in [0.2, 0.25) is 0 Å². The molecule has 10 heteroatoms. The molecular formula is C30H29IN2O7. The van der Waals surface area contributed by atoms with Crippen LogP contribution in [-0.4, -0.2) is 47.7 Å². The lowest BCUT2D eigenvalue weighted by Gasteiger charge is -2.37. The van der Waals surface area contributed by atoms with Gasteiger partial charge in [0.1, 0.15) is 29.4 Å². The van der Waals surface area contributed by atoms with Crippen molar-refractivity contribution >= 4 is 22.6 Å². The quantitative estimate of drug-likeness (QED) is 0.208. The van der Waals surface area contributed by atoms with Gasteiger partial charge in [-0.1, -0.05) is 54.6 Å². The Bertz CT molecular complexity index is 1500. The zero-order valence-corrected chi connectivity index (χ0v) is 24.1. The molecule has 0 saturated carbocycles. The molecule has 0 amide bonds. The van der Waals surface area contributed by atoms with E-state index in [0.717, 1.165) is 16.7 Å². The van der Waals surface area contributed by atoms with E-state index in [1.165, 1.54) is 10.8 Å². The summed E-state index contributed by atoms with van der Waals surface area (Å²) in [7, 11) is 3.23. The van der Waals surface area contributed by atoms with Gasteiger partial charge in [0.25, 0.3) is 5.56 Å². The van der Waals surface area contributed by atoms with Gasteiger partial charge in [0.2, 0.25) is 0 Å². The lowest BCUT2D eigenvalue weighted by Crippen LogP contribution is -2.38. The van der Waals surface area contributed by atoms with Crippen molar-refractivity contribution in [2.45, 2.75) is 30.5 Å². The molecule has 1 aliphatic heterocycles. The van der Waals surface area contributed by atoms with Crippen molar-refractivity contribution in [3.05, 3.63) is 126 Å². The normalized spacial score (nSPS) is 18.9. The molecule has 3 atom stereocenters. The van der Waals surface area contributed by atoms with Gasteiger partial charge in [-0.3, -0.25) is 14.3 Å². The van der Waals surface area contributed by atoms with E-state index >= 15 is 0 Å². The van der Waals surface area contributed by atoms with E-state index < -0.39 is 35.3 Å². The highest BCUT2D eigenvalue weighted by Gasteiger charge is 2.42. The smallest absolute Gasteiger partial charge is 0.330 e. The number of aromatic nitrogens is 2. The fourth-order valence-corrected chi connectivity index (χ4v) is 5.43. The van der Waals surface area contributed by atoms with Crippen LogP contribution in [0.25, 0.3) is 0 Å². The number of hydrogen-bond donors (Lipinski definition) is 2. The number of benzene rings is 3. The summed E-state index contributed by atoms with van der Waals surface area (Å²) in [6.45, 7) is 0.0137. The Labute approximate surface area is 244 Å². The number of hydrogen-bond acceptors (Lipinski definition) is 7. The molecule has 2 heterocycles. The van der Waals surface area contributed by atoms with Crippen LogP contribution in [0.15, 0.2) is 94.6 Å². The highest BCUT2D eigenvalue weighted by molar-refractivity contribution is 14.1. The maximum atomic E-state index is 12.5. The van der Waals surface area contributed by atoms with Gasteiger partial charge in [0.05, 0.1) is 30.5 Å². The lowest BCUT2D eigenvalue weighted by atomic mass is 9.80. The van der Waals surface area contributed by atoms with Crippen molar-refractivity contribution in [2.75, 3.05) is 20.8 Å². The molecule has 40 heavy (non-hydrogen) atoms. The predicted octanol–water partition coefficient (Wildman–Crippen LogP) is 3.82. The zero-order valence-electron chi connectivity index (χ0n) is 22.0. The second kappa shape index (κ2) is 12.0. The molecule has 5 rings (SSSR count). The molecule has 0 radical (unpaired) electrons. The number of nitrogens with one attached hydrogen (secondary N) is 1. The number of aromatic amines is 1. The van der Waals surface area contributed by atoms with Gasteiger partial charge in [-0.15, -0.1) is 0 Å². The summed E-state index contributed by atoms with van der Waals surface area (Å²) in [6, 6.07) is 25.1. The third-order valence-electron chi connectivity index (χ3n) is 7.08. The second-order valence-electron chi connectivity index (χ2n) is 9.39. The largest absolute Gasteiger partial charge is 0.497 e. The first-order valence-electron chi connectivity index (χ1n) is 12.7. The number of H-pyrrole nitrogens is 1. The summed E-state index contributed by atoms with van der Waals surface area (Å²) >= 11 is 1.86. The van der Waals surface area contributed by atoms with Crippen LogP contribution in [0, 0.1) is 3.57 Å². The van der Waals surface area contributed by atoms with E-state index in [-0.39, 0.29) is 13.0 Å². The molecule has 0 aliphatic carbocycles. The Kier molecular flexibility index (Phi) is 8.40. The third-order valence-corrected chi connectivity index (χ3v) is 7.84. The summed E-state index contributed by atoms with van der Waals surface area (Å²) < 4.78 is 25.4. The average Bonchev–Trinajstić information content (AvgIpc) is 3.36. The molecule has 0 bridgehead atoms. The maximum absolute atomic E-state index is 12.5. The molecule has 208 valence electrons. The van der Waals surface area contributed by atoms with Crippen LogP contribution in [0.3, 0.4) is 0 Å². The molecule has 1 aromatic heterocycles. The Morgan fingerprint density at radius 3 is 2.02 bits per heavy atom. The van der Waals surface area contributed by atoms with Gasteiger partial charge < -0.3 is 24.1 Å². The van der Waals surface area contributed by atoms with Crippen LogP contribution >= 0.6 is 22.6 Å². The highest BCUT2D eigenvalue weighted by atomic mass is 127. The first kappa shape index (κ1) is 28.1. The van der Waals surface area contributed by atoms with Crippen LogP contribution in [0.1, 0.15) is 29.3 Å². The van der Waals surface area contributed by atoms with Crippen molar-refractivity contribution in [1.82, 2.24) is 9.55 Å². The molecule has 0 spiro atoms. The number of halogens is 1. The minimum absolute atomic E-state index is 0.0137. The first-order valence-corrected chi connectivity index (χ1v) is 13.8. The third kappa shape index (κ3) is 5.44. The number of aliphatic hydroxyl groups excluding tert-OH is 1. The molecule has 4 aromatic rings. The molecule has 9 nitrogen and oxygen atoms in total. The monoisotopic (exact) mass is 656 g/mol. The van der Waals surface area contributed by atoms with E-state index in [2.05, 4.69) is 4.98 Å². The van der Waals surface area contributed by atoms with E-state index in [1.807, 2.05) is 101 Å².